The summed E-state index contributed by atoms with van der Waals surface area (Å²) in [5, 5.41) is 12.9. The monoisotopic (exact) mass is 363 g/mol. The summed E-state index contributed by atoms with van der Waals surface area (Å²) in [5.74, 6) is 0.397. The van der Waals surface area contributed by atoms with Crippen molar-refractivity contribution in [1.82, 2.24) is 9.97 Å². The van der Waals surface area contributed by atoms with Crippen molar-refractivity contribution < 1.29 is 14.2 Å². The maximum atomic E-state index is 13.8. The number of nitrogens with zero attached hydrogens (tertiary/aromatic N) is 2. The van der Waals surface area contributed by atoms with Gasteiger partial charge in [0.05, 0.1) is 22.8 Å². The second kappa shape index (κ2) is 5.76. The quantitative estimate of drug-likeness (QED) is 0.688. The summed E-state index contributed by atoms with van der Waals surface area (Å²) >= 11 is 3.41. The van der Waals surface area contributed by atoms with Crippen molar-refractivity contribution in [3.8, 4) is 11.5 Å². The van der Waals surface area contributed by atoms with Crippen LogP contribution in [0.5, 0.6) is 11.5 Å². The Balaban J connectivity index is 2.09. The molecular formula is C15H11BrFN3O2. The Hall–Kier alpha value is -2.41. The first-order valence-corrected chi connectivity index (χ1v) is 7.11. The number of hydrogen-bond donors (Lipinski definition) is 2. The first-order chi connectivity index (χ1) is 10.6. The van der Waals surface area contributed by atoms with Crippen LogP contribution in [0.25, 0.3) is 10.9 Å². The zero-order valence-electron chi connectivity index (χ0n) is 11.5. The van der Waals surface area contributed by atoms with Gasteiger partial charge in [-0.25, -0.2) is 14.4 Å². The molecule has 3 rings (SSSR count). The first kappa shape index (κ1) is 14.5. The van der Waals surface area contributed by atoms with E-state index in [1.54, 1.807) is 19.2 Å². The van der Waals surface area contributed by atoms with E-state index >= 15 is 0 Å². The molecule has 0 saturated carbocycles. The van der Waals surface area contributed by atoms with Gasteiger partial charge in [-0.2, -0.15) is 0 Å². The van der Waals surface area contributed by atoms with Crippen molar-refractivity contribution in [3.63, 3.8) is 0 Å². The number of hydrogen-bond acceptors (Lipinski definition) is 5. The van der Waals surface area contributed by atoms with Gasteiger partial charge in [-0.3, -0.25) is 0 Å². The van der Waals surface area contributed by atoms with Gasteiger partial charge in [0.1, 0.15) is 29.5 Å². The fourth-order valence-electron chi connectivity index (χ4n) is 2.05. The Morgan fingerprint density at radius 2 is 2.05 bits per heavy atom. The highest BCUT2D eigenvalue weighted by Gasteiger charge is 2.11. The number of phenols is 1. The largest absolute Gasteiger partial charge is 0.508 e. The van der Waals surface area contributed by atoms with Gasteiger partial charge in [-0.05, 0) is 34.1 Å². The van der Waals surface area contributed by atoms with E-state index in [0.29, 0.717) is 22.5 Å². The predicted octanol–water partition coefficient (Wildman–Crippen LogP) is 3.99. The Bertz CT molecular complexity index is 858. The van der Waals surface area contributed by atoms with Gasteiger partial charge in [0.25, 0.3) is 0 Å². The van der Waals surface area contributed by atoms with Crippen LogP contribution in [-0.2, 0) is 0 Å². The fourth-order valence-corrected chi connectivity index (χ4v) is 2.55. The molecule has 1 heterocycles. The van der Waals surface area contributed by atoms with E-state index in [2.05, 4.69) is 31.2 Å². The third-order valence-electron chi connectivity index (χ3n) is 3.11. The summed E-state index contributed by atoms with van der Waals surface area (Å²) in [7, 11) is 1.57. The van der Waals surface area contributed by atoms with Crippen LogP contribution >= 0.6 is 15.9 Å². The molecule has 3 aromatic rings. The normalized spacial score (nSPS) is 10.7. The SMILES string of the molecule is COc1cc2ncnc(Nc3ccc(O)cc3F)c2cc1Br. The molecule has 2 N–H and O–H groups in total. The molecule has 5 nitrogen and oxygen atoms in total. The van der Waals surface area contributed by atoms with Crippen LogP contribution in [-0.4, -0.2) is 22.2 Å². The maximum absolute atomic E-state index is 13.8. The number of phenolic OH excluding ortho intramolecular Hbond substituents is 1. The number of ether oxygens (including phenoxy) is 1. The van der Waals surface area contributed by atoms with Gasteiger partial charge in [0, 0.05) is 17.5 Å². The molecule has 1 aromatic heterocycles. The summed E-state index contributed by atoms with van der Waals surface area (Å²) in [6, 6.07) is 7.43. The van der Waals surface area contributed by atoms with Crippen LogP contribution in [0.1, 0.15) is 0 Å². The van der Waals surface area contributed by atoms with E-state index in [4.69, 9.17) is 4.74 Å². The highest BCUT2D eigenvalue weighted by Crippen LogP contribution is 2.33. The standard InChI is InChI=1S/C15H11BrFN3O2/c1-22-14-6-13-9(5-10(14)16)15(19-7-18-13)20-12-3-2-8(21)4-11(12)17/h2-7,21H,1H3,(H,18,19,20). The Morgan fingerprint density at radius 3 is 2.77 bits per heavy atom. The van der Waals surface area contributed by atoms with Gasteiger partial charge in [-0.1, -0.05) is 0 Å². The minimum absolute atomic E-state index is 0.136. The minimum Gasteiger partial charge on any atom is -0.508 e. The zero-order chi connectivity index (χ0) is 15.7. The molecule has 0 spiro atoms. The zero-order valence-corrected chi connectivity index (χ0v) is 13.1. The number of methoxy groups -OCH3 is 1. The topological polar surface area (TPSA) is 67.3 Å². The van der Waals surface area contributed by atoms with E-state index in [9.17, 15) is 9.50 Å². The van der Waals surface area contributed by atoms with E-state index in [1.165, 1.54) is 18.5 Å². The fraction of sp³-hybridized carbons (Fsp3) is 0.0667. The number of aromatic hydroxyl groups is 1. The molecule has 0 aliphatic heterocycles. The smallest absolute Gasteiger partial charge is 0.150 e. The molecule has 0 saturated heterocycles. The lowest BCUT2D eigenvalue weighted by Crippen LogP contribution is -1.98. The Kier molecular flexibility index (Phi) is 3.81. The number of rotatable bonds is 3. The van der Waals surface area contributed by atoms with Crippen LogP contribution in [0.3, 0.4) is 0 Å². The van der Waals surface area contributed by atoms with Crippen molar-refractivity contribution in [2.24, 2.45) is 0 Å². The number of aromatic nitrogens is 2. The number of benzene rings is 2. The van der Waals surface area contributed by atoms with E-state index in [1.807, 2.05) is 0 Å². The summed E-state index contributed by atoms with van der Waals surface area (Å²) in [5.41, 5.74) is 0.876. The number of anilines is 2. The molecule has 0 atom stereocenters. The summed E-state index contributed by atoms with van der Waals surface area (Å²) in [4.78, 5) is 8.33. The minimum atomic E-state index is -0.570. The lowest BCUT2D eigenvalue weighted by Gasteiger charge is -2.11. The molecule has 22 heavy (non-hydrogen) atoms. The van der Waals surface area contributed by atoms with Crippen LogP contribution in [0.4, 0.5) is 15.9 Å². The molecular weight excluding hydrogens is 353 g/mol. The first-order valence-electron chi connectivity index (χ1n) is 6.32. The molecule has 0 aliphatic carbocycles. The van der Waals surface area contributed by atoms with Crippen molar-refractivity contribution in [3.05, 3.63) is 46.9 Å². The third-order valence-corrected chi connectivity index (χ3v) is 3.73. The van der Waals surface area contributed by atoms with Gasteiger partial charge < -0.3 is 15.2 Å². The second-order valence-corrected chi connectivity index (χ2v) is 5.37. The molecule has 0 bridgehead atoms. The van der Waals surface area contributed by atoms with E-state index < -0.39 is 5.82 Å². The average Bonchev–Trinajstić information content (AvgIpc) is 2.50. The summed E-state index contributed by atoms with van der Waals surface area (Å²) < 4.78 is 19.8. The Labute approximate surface area is 133 Å². The number of nitrogens with one attached hydrogen (secondary N) is 1. The molecule has 0 radical (unpaired) electrons. The summed E-state index contributed by atoms with van der Waals surface area (Å²) in [6.45, 7) is 0. The van der Waals surface area contributed by atoms with Crippen molar-refractivity contribution in [1.29, 1.82) is 0 Å². The summed E-state index contributed by atoms with van der Waals surface area (Å²) in [6.07, 6.45) is 1.39. The van der Waals surface area contributed by atoms with Crippen LogP contribution in [0, 0.1) is 5.82 Å². The molecule has 112 valence electrons. The lowest BCUT2D eigenvalue weighted by molar-refractivity contribution is 0.412. The van der Waals surface area contributed by atoms with Crippen LogP contribution in [0.2, 0.25) is 0 Å². The van der Waals surface area contributed by atoms with Crippen molar-refractivity contribution in [2.75, 3.05) is 12.4 Å². The predicted molar refractivity (Wildman–Crippen MR) is 85.1 cm³/mol. The molecule has 0 fully saturated rings. The lowest BCUT2D eigenvalue weighted by atomic mass is 10.2. The number of fused-ring (bicyclic) bond motifs is 1. The van der Waals surface area contributed by atoms with E-state index in [0.717, 1.165) is 10.5 Å². The van der Waals surface area contributed by atoms with Crippen LogP contribution < -0.4 is 10.1 Å². The van der Waals surface area contributed by atoms with Gasteiger partial charge in [0.2, 0.25) is 0 Å². The van der Waals surface area contributed by atoms with Gasteiger partial charge in [-0.15, -0.1) is 0 Å². The molecule has 0 amide bonds. The highest BCUT2D eigenvalue weighted by molar-refractivity contribution is 9.10. The molecule has 0 aliphatic rings. The highest BCUT2D eigenvalue weighted by atomic mass is 79.9. The second-order valence-electron chi connectivity index (χ2n) is 4.52. The van der Waals surface area contributed by atoms with Crippen LogP contribution in [0.15, 0.2) is 41.1 Å². The number of halogens is 2. The Morgan fingerprint density at radius 1 is 1.23 bits per heavy atom. The van der Waals surface area contributed by atoms with Gasteiger partial charge >= 0.3 is 0 Å². The van der Waals surface area contributed by atoms with E-state index in [-0.39, 0.29) is 11.4 Å². The third kappa shape index (κ3) is 2.67. The average molecular weight is 364 g/mol. The molecule has 0 unspecified atom stereocenters. The maximum Gasteiger partial charge on any atom is 0.150 e. The van der Waals surface area contributed by atoms with Crippen molar-refractivity contribution in [2.45, 2.75) is 0 Å². The van der Waals surface area contributed by atoms with Gasteiger partial charge in [0.15, 0.2) is 0 Å². The molecule has 7 heteroatoms. The van der Waals surface area contributed by atoms with Crippen molar-refractivity contribution >= 4 is 38.3 Å². The molecule has 2 aromatic carbocycles.